The summed E-state index contributed by atoms with van der Waals surface area (Å²) < 4.78 is 1.76. The van der Waals surface area contributed by atoms with E-state index in [-0.39, 0.29) is 21.6 Å². The van der Waals surface area contributed by atoms with Gasteiger partial charge in [0.1, 0.15) is 0 Å². The maximum atomic E-state index is 12.8. The van der Waals surface area contributed by atoms with Crippen LogP contribution in [0.4, 0.5) is 11.4 Å². The fourth-order valence-corrected chi connectivity index (χ4v) is 3.50. The molecule has 0 aliphatic carbocycles. The number of carbonyl (C=O) groups excluding carboxylic acids is 1. The number of anilines is 2. The Hall–Kier alpha value is -2.21. The number of benzene rings is 2. The molecule has 3 N–H and O–H groups in total. The van der Waals surface area contributed by atoms with Crippen LogP contribution in [0.2, 0.25) is 15.1 Å². The summed E-state index contributed by atoms with van der Waals surface area (Å²) in [7, 11) is 0. The first-order valence-corrected chi connectivity index (χ1v) is 9.24. The summed E-state index contributed by atoms with van der Waals surface area (Å²) >= 11 is 18.3. The Morgan fingerprint density at radius 2 is 1.74 bits per heavy atom. The molecule has 0 aliphatic rings. The Morgan fingerprint density at radius 1 is 1.11 bits per heavy atom. The van der Waals surface area contributed by atoms with Crippen molar-refractivity contribution < 1.29 is 4.79 Å². The van der Waals surface area contributed by atoms with Crippen LogP contribution in [0.1, 0.15) is 27.3 Å². The molecule has 140 valence electrons. The molecule has 0 spiro atoms. The first-order valence-electron chi connectivity index (χ1n) is 8.11. The summed E-state index contributed by atoms with van der Waals surface area (Å²) in [5.74, 6) is -0.299. The molecule has 5 nitrogen and oxygen atoms in total. The number of nitrogens with one attached hydrogen (secondary N) is 1. The molecule has 0 bridgehead atoms. The van der Waals surface area contributed by atoms with Gasteiger partial charge in [0.25, 0.3) is 5.91 Å². The number of halogens is 3. The molecular formula is C19H17Cl3N4O. The van der Waals surface area contributed by atoms with E-state index < -0.39 is 0 Å². The van der Waals surface area contributed by atoms with Gasteiger partial charge in [-0.3, -0.25) is 9.48 Å². The second-order valence-electron chi connectivity index (χ2n) is 6.10. The second kappa shape index (κ2) is 7.80. The lowest BCUT2D eigenvalue weighted by atomic mass is 10.1. The Morgan fingerprint density at radius 3 is 2.37 bits per heavy atom. The van der Waals surface area contributed by atoms with E-state index >= 15 is 0 Å². The van der Waals surface area contributed by atoms with Gasteiger partial charge >= 0.3 is 0 Å². The number of carbonyl (C=O) groups is 1. The standard InChI is InChI=1S/C19H17Cl3N4O/c1-10-17(19(27)24-13-7-15(21)18(23)16(22)8-13)11(2)26(25-10)9-12-5-3-4-6-14(12)20/h3-8H,9,23H2,1-2H3,(H,24,27). The van der Waals surface area contributed by atoms with Crippen molar-refractivity contribution >= 4 is 52.1 Å². The van der Waals surface area contributed by atoms with Gasteiger partial charge in [0.05, 0.1) is 33.5 Å². The summed E-state index contributed by atoms with van der Waals surface area (Å²) in [5.41, 5.74) is 9.23. The van der Waals surface area contributed by atoms with Crippen LogP contribution >= 0.6 is 34.8 Å². The highest BCUT2D eigenvalue weighted by molar-refractivity contribution is 6.39. The Bertz CT molecular complexity index is 1010. The summed E-state index contributed by atoms with van der Waals surface area (Å²) in [4.78, 5) is 12.8. The van der Waals surface area contributed by atoms with Crippen LogP contribution in [0, 0.1) is 13.8 Å². The molecule has 0 saturated heterocycles. The maximum absolute atomic E-state index is 12.8. The minimum Gasteiger partial charge on any atom is -0.396 e. The highest BCUT2D eigenvalue weighted by atomic mass is 35.5. The van der Waals surface area contributed by atoms with Crippen LogP contribution < -0.4 is 11.1 Å². The fraction of sp³-hybridized carbons (Fsp3) is 0.158. The number of nitrogens with zero attached hydrogens (tertiary/aromatic N) is 2. The quantitative estimate of drug-likeness (QED) is 0.556. The van der Waals surface area contributed by atoms with Crippen LogP contribution in [0.15, 0.2) is 36.4 Å². The lowest BCUT2D eigenvalue weighted by molar-refractivity contribution is 0.102. The third kappa shape index (κ3) is 4.05. The third-order valence-electron chi connectivity index (χ3n) is 4.22. The van der Waals surface area contributed by atoms with Crippen molar-refractivity contribution in [1.82, 2.24) is 9.78 Å². The van der Waals surface area contributed by atoms with Crippen LogP contribution in [0.5, 0.6) is 0 Å². The van der Waals surface area contributed by atoms with E-state index in [1.54, 1.807) is 23.7 Å². The number of rotatable bonds is 4. The van der Waals surface area contributed by atoms with Crippen molar-refractivity contribution in [2.75, 3.05) is 11.1 Å². The second-order valence-corrected chi connectivity index (χ2v) is 7.32. The van der Waals surface area contributed by atoms with Crippen molar-refractivity contribution in [2.45, 2.75) is 20.4 Å². The van der Waals surface area contributed by atoms with Gasteiger partial charge in [0, 0.05) is 16.4 Å². The van der Waals surface area contributed by atoms with Gasteiger partial charge < -0.3 is 11.1 Å². The molecule has 0 saturated carbocycles. The van der Waals surface area contributed by atoms with E-state index in [0.717, 1.165) is 11.3 Å². The molecule has 8 heteroatoms. The summed E-state index contributed by atoms with van der Waals surface area (Å²) in [6.07, 6.45) is 0. The first kappa shape index (κ1) is 19.5. The number of hydrogen-bond acceptors (Lipinski definition) is 3. The number of aromatic nitrogens is 2. The molecule has 0 aliphatic heterocycles. The molecule has 1 heterocycles. The van der Waals surface area contributed by atoms with Crippen molar-refractivity contribution in [3.63, 3.8) is 0 Å². The molecule has 3 aromatic rings. The van der Waals surface area contributed by atoms with Gasteiger partial charge in [-0.25, -0.2) is 0 Å². The van der Waals surface area contributed by atoms with Crippen LogP contribution in [0.25, 0.3) is 0 Å². The van der Waals surface area contributed by atoms with Crippen LogP contribution in [-0.2, 0) is 6.54 Å². The molecular weight excluding hydrogens is 407 g/mol. The number of nitrogen functional groups attached to an aromatic ring is 1. The zero-order valence-electron chi connectivity index (χ0n) is 14.7. The smallest absolute Gasteiger partial charge is 0.259 e. The highest BCUT2D eigenvalue weighted by Gasteiger charge is 2.20. The fourth-order valence-electron chi connectivity index (χ4n) is 2.82. The predicted molar refractivity (Wildman–Crippen MR) is 111 cm³/mol. The summed E-state index contributed by atoms with van der Waals surface area (Å²) in [5, 5.41) is 8.49. The van der Waals surface area contributed by atoms with Gasteiger partial charge in [-0.15, -0.1) is 0 Å². The van der Waals surface area contributed by atoms with E-state index in [9.17, 15) is 4.79 Å². The van der Waals surface area contributed by atoms with E-state index in [2.05, 4.69) is 10.4 Å². The van der Waals surface area contributed by atoms with Crippen molar-refractivity contribution in [2.24, 2.45) is 0 Å². The topological polar surface area (TPSA) is 72.9 Å². The SMILES string of the molecule is Cc1nn(Cc2ccccc2Cl)c(C)c1C(=O)Nc1cc(Cl)c(N)c(Cl)c1. The minimum atomic E-state index is -0.299. The monoisotopic (exact) mass is 422 g/mol. The molecule has 0 fully saturated rings. The molecule has 0 atom stereocenters. The summed E-state index contributed by atoms with van der Waals surface area (Å²) in [6.45, 7) is 4.10. The molecule has 0 unspecified atom stereocenters. The third-order valence-corrected chi connectivity index (χ3v) is 5.22. The summed E-state index contributed by atoms with van der Waals surface area (Å²) in [6, 6.07) is 10.6. The van der Waals surface area contributed by atoms with E-state index in [0.29, 0.717) is 28.5 Å². The molecule has 0 radical (unpaired) electrons. The van der Waals surface area contributed by atoms with Gasteiger partial charge in [-0.05, 0) is 37.6 Å². The predicted octanol–water partition coefficient (Wildman–Crippen LogP) is 5.34. The average molecular weight is 424 g/mol. The van der Waals surface area contributed by atoms with E-state index in [1.807, 2.05) is 31.2 Å². The van der Waals surface area contributed by atoms with E-state index in [1.165, 1.54) is 0 Å². The average Bonchev–Trinajstić information content (AvgIpc) is 2.88. The lowest BCUT2D eigenvalue weighted by Gasteiger charge is -2.09. The van der Waals surface area contributed by atoms with Gasteiger partial charge in [0.2, 0.25) is 0 Å². The van der Waals surface area contributed by atoms with Crippen LogP contribution in [-0.4, -0.2) is 15.7 Å². The normalized spacial score (nSPS) is 10.9. The van der Waals surface area contributed by atoms with E-state index in [4.69, 9.17) is 40.5 Å². The highest BCUT2D eigenvalue weighted by Crippen LogP contribution is 2.31. The Kier molecular flexibility index (Phi) is 5.65. The number of aryl methyl sites for hydroxylation is 1. The minimum absolute atomic E-state index is 0.274. The van der Waals surface area contributed by atoms with Crippen LogP contribution in [0.3, 0.4) is 0 Å². The van der Waals surface area contributed by atoms with Crippen molar-refractivity contribution in [3.05, 3.63) is 74.0 Å². The molecule has 3 rings (SSSR count). The lowest BCUT2D eigenvalue weighted by Crippen LogP contribution is -2.14. The van der Waals surface area contributed by atoms with Gasteiger partial charge in [-0.1, -0.05) is 53.0 Å². The number of amides is 1. The van der Waals surface area contributed by atoms with Gasteiger partial charge in [0.15, 0.2) is 0 Å². The molecule has 27 heavy (non-hydrogen) atoms. The van der Waals surface area contributed by atoms with Crippen molar-refractivity contribution in [3.8, 4) is 0 Å². The molecule has 1 amide bonds. The number of nitrogens with two attached hydrogens (primary N) is 1. The van der Waals surface area contributed by atoms with Crippen molar-refractivity contribution in [1.29, 1.82) is 0 Å². The number of hydrogen-bond donors (Lipinski definition) is 2. The van der Waals surface area contributed by atoms with Gasteiger partial charge in [-0.2, -0.15) is 5.10 Å². The molecule has 2 aromatic carbocycles. The Labute approximate surface area is 172 Å². The maximum Gasteiger partial charge on any atom is 0.259 e. The molecule has 1 aromatic heterocycles. The zero-order chi connectivity index (χ0) is 19.7. The largest absolute Gasteiger partial charge is 0.396 e. The Balaban J connectivity index is 1.88. The first-order chi connectivity index (χ1) is 12.8. The zero-order valence-corrected chi connectivity index (χ0v) is 17.0.